The van der Waals surface area contributed by atoms with Gasteiger partial charge in [0.1, 0.15) is 6.61 Å². The van der Waals surface area contributed by atoms with E-state index in [0.29, 0.717) is 30.1 Å². The molecule has 0 heterocycles. The topological polar surface area (TPSA) is 65.0 Å². The number of carbonyl (C=O) groups is 1. The third-order valence-electron chi connectivity index (χ3n) is 13.3. The van der Waals surface area contributed by atoms with Crippen LogP contribution in [-0.4, -0.2) is 46.2 Å². The molecular formula is C35H62O5Si2. The number of fused-ring (bicyclic) bond motifs is 5. The average Bonchev–Trinajstić information content (AvgIpc) is 3.18. The van der Waals surface area contributed by atoms with E-state index in [-0.39, 0.29) is 28.2 Å². The van der Waals surface area contributed by atoms with E-state index in [9.17, 15) is 9.90 Å². The Balaban J connectivity index is 1.85. The molecular weight excluding hydrogens is 557 g/mol. The van der Waals surface area contributed by atoms with E-state index in [1.165, 1.54) is 37.7 Å². The first-order chi connectivity index (χ1) is 19.0. The van der Waals surface area contributed by atoms with Crippen molar-refractivity contribution in [2.45, 2.75) is 155 Å². The fourth-order valence-corrected chi connectivity index (χ4v) is 11.4. The Hall–Kier alpha value is -0.736. The standard InChI is InChI=1S/C35H62O5Si2/c1-14-24-16-18-27-26-17-15-25-21-35(38-23-30(36)37,40-42(12,13)32(5,6)7)22-29(39-41(10,11)31(2,3)4)34(25,9)28(26)19-20-33(24,27)8/h15,17,24,27-29H,14,16,18-23H2,1-13H3,(H,36,37)/t24-,27?,28?,29-,33+,34-,35?/m0/s1. The molecule has 3 unspecified atom stereocenters. The van der Waals surface area contributed by atoms with E-state index >= 15 is 0 Å². The van der Waals surface area contributed by atoms with Crippen molar-refractivity contribution >= 4 is 22.6 Å². The normalized spacial score (nSPS) is 37.4. The van der Waals surface area contributed by atoms with Crippen molar-refractivity contribution in [2.24, 2.45) is 28.6 Å². The number of ether oxygens (including phenoxy) is 1. The molecule has 4 aliphatic rings. The summed E-state index contributed by atoms with van der Waals surface area (Å²) in [6, 6.07) is 0. The van der Waals surface area contributed by atoms with E-state index in [0.717, 1.165) is 5.92 Å². The Labute approximate surface area is 259 Å². The predicted octanol–water partition coefficient (Wildman–Crippen LogP) is 9.72. The Morgan fingerprint density at radius 1 is 0.952 bits per heavy atom. The molecule has 240 valence electrons. The Morgan fingerprint density at radius 2 is 1.57 bits per heavy atom. The van der Waals surface area contributed by atoms with Crippen LogP contribution in [0.15, 0.2) is 23.3 Å². The van der Waals surface area contributed by atoms with Gasteiger partial charge < -0.3 is 18.7 Å². The number of hydrogen-bond acceptors (Lipinski definition) is 4. The fourth-order valence-electron chi connectivity index (χ4n) is 8.51. The zero-order chi connectivity index (χ0) is 31.7. The molecule has 0 bridgehead atoms. The number of aliphatic carboxylic acids is 1. The second kappa shape index (κ2) is 11.0. The van der Waals surface area contributed by atoms with Gasteiger partial charge in [0.25, 0.3) is 0 Å². The van der Waals surface area contributed by atoms with Crippen molar-refractivity contribution in [3.8, 4) is 0 Å². The van der Waals surface area contributed by atoms with Gasteiger partial charge >= 0.3 is 5.97 Å². The average molecular weight is 619 g/mol. The van der Waals surface area contributed by atoms with Gasteiger partial charge in [-0.15, -0.1) is 0 Å². The highest BCUT2D eigenvalue weighted by Gasteiger charge is 2.63. The smallest absolute Gasteiger partial charge is 0.329 e. The van der Waals surface area contributed by atoms with Crippen molar-refractivity contribution in [1.82, 2.24) is 0 Å². The quantitative estimate of drug-likeness (QED) is 0.217. The van der Waals surface area contributed by atoms with Crippen molar-refractivity contribution < 1.29 is 23.5 Å². The maximum Gasteiger partial charge on any atom is 0.329 e. The van der Waals surface area contributed by atoms with E-state index in [1.807, 2.05) is 0 Å². The molecule has 0 aromatic rings. The maximum absolute atomic E-state index is 11.9. The number of hydrogen-bond donors (Lipinski definition) is 1. The zero-order valence-corrected chi connectivity index (χ0v) is 31.2. The summed E-state index contributed by atoms with van der Waals surface area (Å²) in [5.41, 5.74) is 3.20. The first-order valence-corrected chi connectivity index (χ1v) is 22.5. The highest BCUT2D eigenvalue weighted by Crippen LogP contribution is 2.67. The van der Waals surface area contributed by atoms with Crippen LogP contribution in [0.5, 0.6) is 0 Å². The zero-order valence-electron chi connectivity index (χ0n) is 29.2. The van der Waals surface area contributed by atoms with Crippen molar-refractivity contribution in [3.63, 3.8) is 0 Å². The second-order valence-corrected chi connectivity index (χ2v) is 27.2. The number of carboxylic acid groups (broad SMARTS) is 1. The molecule has 5 nitrogen and oxygen atoms in total. The van der Waals surface area contributed by atoms with Crippen LogP contribution < -0.4 is 0 Å². The van der Waals surface area contributed by atoms with Crippen LogP contribution in [0.4, 0.5) is 0 Å². The number of rotatable bonds is 8. The van der Waals surface area contributed by atoms with E-state index in [4.69, 9.17) is 13.6 Å². The summed E-state index contributed by atoms with van der Waals surface area (Å²) in [4.78, 5) is 11.9. The second-order valence-electron chi connectivity index (χ2n) is 17.7. The first-order valence-electron chi connectivity index (χ1n) is 16.7. The van der Waals surface area contributed by atoms with Crippen LogP contribution in [0.25, 0.3) is 0 Å². The fraction of sp³-hybridized carbons (Fsp3) is 0.857. The maximum atomic E-state index is 11.9. The molecule has 7 atom stereocenters. The van der Waals surface area contributed by atoms with Gasteiger partial charge in [-0.25, -0.2) is 4.79 Å². The lowest BCUT2D eigenvalue weighted by Gasteiger charge is -2.61. The van der Waals surface area contributed by atoms with Crippen LogP contribution in [0.1, 0.15) is 107 Å². The molecule has 0 spiro atoms. The lowest BCUT2D eigenvalue weighted by molar-refractivity contribution is -0.232. The Kier molecular flexibility index (Phi) is 8.91. The molecule has 0 amide bonds. The monoisotopic (exact) mass is 618 g/mol. The Bertz CT molecular complexity index is 1110. The molecule has 0 aromatic heterocycles. The summed E-state index contributed by atoms with van der Waals surface area (Å²) in [5, 5.41) is 9.76. The third-order valence-corrected chi connectivity index (χ3v) is 22.2. The van der Waals surface area contributed by atoms with Gasteiger partial charge in [0.15, 0.2) is 22.4 Å². The lowest BCUT2D eigenvalue weighted by atomic mass is 9.49. The van der Waals surface area contributed by atoms with Crippen LogP contribution >= 0.6 is 0 Å². The molecule has 1 N–H and O–H groups in total. The van der Waals surface area contributed by atoms with Gasteiger partial charge in [-0.05, 0) is 85.1 Å². The van der Waals surface area contributed by atoms with Crippen molar-refractivity contribution in [2.75, 3.05) is 6.61 Å². The number of carboxylic acids is 1. The van der Waals surface area contributed by atoms with Gasteiger partial charge in [-0.1, -0.05) is 92.0 Å². The Morgan fingerprint density at radius 3 is 2.12 bits per heavy atom. The highest BCUT2D eigenvalue weighted by atomic mass is 28.4. The number of allylic oxidation sites excluding steroid dienone is 3. The molecule has 3 saturated carbocycles. The van der Waals surface area contributed by atoms with Gasteiger partial charge in [-0.3, -0.25) is 0 Å². The summed E-state index contributed by atoms with van der Waals surface area (Å²) < 4.78 is 21.1. The highest BCUT2D eigenvalue weighted by molar-refractivity contribution is 6.74. The van der Waals surface area contributed by atoms with Crippen molar-refractivity contribution in [3.05, 3.63) is 23.3 Å². The van der Waals surface area contributed by atoms with Gasteiger partial charge in [0, 0.05) is 18.3 Å². The molecule has 4 aliphatic carbocycles. The molecule has 0 aliphatic heterocycles. The molecule has 42 heavy (non-hydrogen) atoms. The van der Waals surface area contributed by atoms with Crippen LogP contribution in [-0.2, 0) is 18.4 Å². The van der Waals surface area contributed by atoms with Crippen LogP contribution in [0.3, 0.4) is 0 Å². The molecule has 7 heteroatoms. The third kappa shape index (κ3) is 5.72. The van der Waals surface area contributed by atoms with E-state index in [2.05, 4.69) is 101 Å². The van der Waals surface area contributed by atoms with E-state index < -0.39 is 28.4 Å². The molecule has 0 radical (unpaired) electrons. The van der Waals surface area contributed by atoms with Crippen LogP contribution in [0, 0.1) is 28.6 Å². The van der Waals surface area contributed by atoms with Crippen LogP contribution in [0.2, 0.25) is 36.3 Å². The predicted molar refractivity (Wildman–Crippen MR) is 178 cm³/mol. The summed E-state index contributed by atoms with van der Waals surface area (Å²) in [7, 11) is -4.52. The summed E-state index contributed by atoms with van der Waals surface area (Å²) >= 11 is 0. The summed E-state index contributed by atoms with van der Waals surface area (Å²) in [5.74, 6) is -0.0895. The molecule has 0 saturated heterocycles. The molecule has 4 rings (SSSR count). The van der Waals surface area contributed by atoms with Gasteiger partial charge in [0.2, 0.25) is 0 Å². The minimum absolute atomic E-state index is 0.0384. The summed E-state index contributed by atoms with van der Waals surface area (Å²) in [6.07, 6.45) is 12.3. The van der Waals surface area contributed by atoms with Crippen molar-refractivity contribution in [1.29, 1.82) is 0 Å². The van der Waals surface area contributed by atoms with Gasteiger partial charge in [0.05, 0.1) is 6.10 Å². The van der Waals surface area contributed by atoms with Gasteiger partial charge in [-0.2, -0.15) is 0 Å². The minimum Gasteiger partial charge on any atom is -0.480 e. The summed E-state index contributed by atoms with van der Waals surface area (Å²) in [6.45, 7) is 29.9. The minimum atomic E-state index is -2.32. The van der Waals surface area contributed by atoms with E-state index in [1.54, 1.807) is 5.57 Å². The SMILES string of the molecule is CC[C@H]1CCC2C3=CC=C4CC(OCC(=O)O)(O[Si](C)(C)C(C)(C)C)C[C@H](O[Si](C)(C)C(C)(C)C)[C@]4(C)C3CC[C@@]21C. The largest absolute Gasteiger partial charge is 0.480 e. The first kappa shape index (κ1) is 34.1. The molecule has 3 fully saturated rings. The molecule has 0 aromatic carbocycles. The lowest BCUT2D eigenvalue weighted by Crippen LogP contribution is -2.62.